The average molecular weight is 188 g/mol. The van der Waals surface area contributed by atoms with Gasteiger partial charge in [-0.3, -0.25) is 4.79 Å². The lowest BCUT2D eigenvalue weighted by molar-refractivity contribution is -0.135. The van der Waals surface area contributed by atoms with Gasteiger partial charge in [0.1, 0.15) is 11.3 Å². The molecule has 0 saturated heterocycles. The summed E-state index contributed by atoms with van der Waals surface area (Å²) < 4.78 is 10.4. The number of fused-ring (bicyclic) bond motifs is 3. The summed E-state index contributed by atoms with van der Waals surface area (Å²) in [7, 11) is 0. The molecule has 1 aromatic heterocycles. The minimum absolute atomic E-state index is 0.161. The van der Waals surface area contributed by atoms with E-state index in [9.17, 15) is 4.79 Å². The molecule has 2 heterocycles. The van der Waals surface area contributed by atoms with E-state index in [-0.39, 0.29) is 5.97 Å². The zero-order valence-corrected chi connectivity index (χ0v) is 7.45. The van der Waals surface area contributed by atoms with Crippen molar-refractivity contribution < 1.29 is 13.9 Å². The second kappa shape index (κ2) is 2.61. The number of carbonyl (C=O) groups excluding carboxylic acids is 1. The predicted molar refractivity (Wildman–Crippen MR) is 50.2 cm³/mol. The monoisotopic (exact) mass is 188 g/mol. The second-order valence-electron chi connectivity index (χ2n) is 3.36. The van der Waals surface area contributed by atoms with Crippen LogP contribution in [-0.2, 0) is 11.2 Å². The van der Waals surface area contributed by atoms with Crippen molar-refractivity contribution in [2.24, 2.45) is 0 Å². The van der Waals surface area contributed by atoms with Crippen molar-refractivity contribution in [3.8, 4) is 5.75 Å². The van der Waals surface area contributed by atoms with Crippen LogP contribution in [0.5, 0.6) is 5.75 Å². The highest BCUT2D eigenvalue weighted by atomic mass is 16.5. The number of carbonyl (C=O) groups is 1. The number of furan rings is 1. The fourth-order valence-corrected chi connectivity index (χ4v) is 1.78. The Morgan fingerprint density at radius 1 is 1.14 bits per heavy atom. The van der Waals surface area contributed by atoms with Gasteiger partial charge in [-0.1, -0.05) is 6.07 Å². The Morgan fingerprint density at radius 2 is 2.07 bits per heavy atom. The first kappa shape index (κ1) is 7.62. The third-order valence-electron chi connectivity index (χ3n) is 2.48. The number of rotatable bonds is 0. The Balaban J connectivity index is 2.31. The van der Waals surface area contributed by atoms with Gasteiger partial charge in [0.15, 0.2) is 0 Å². The predicted octanol–water partition coefficient (Wildman–Crippen LogP) is 2.28. The van der Waals surface area contributed by atoms with E-state index >= 15 is 0 Å². The highest BCUT2D eigenvalue weighted by Gasteiger charge is 2.19. The van der Waals surface area contributed by atoms with E-state index in [2.05, 4.69) is 0 Å². The molecule has 0 spiro atoms. The maximum absolute atomic E-state index is 11.1. The van der Waals surface area contributed by atoms with Crippen LogP contribution in [0.2, 0.25) is 0 Å². The van der Waals surface area contributed by atoms with E-state index < -0.39 is 0 Å². The summed E-state index contributed by atoms with van der Waals surface area (Å²) in [5, 5.41) is 0.885. The molecule has 0 bridgehead atoms. The molecule has 3 nitrogen and oxygen atoms in total. The fourth-order valence-electron chi connectivity index (χ4n) is 1.78. The van der Waals surface area contributed by atoms with Gasteiger partial charge < -0.3 is 9.15 Å². The SMILES string of the molecule is O=C1CCc2ccc3occc3c2O1. The van der Waals surface area contributed by atoms with Gasteiger partial charge in [-0.25, -0.2) is 0 Å². The smallest absolute Gasteiger partial charge is 0.311 e. The molecular formula is C11H8O3. The van der Waals surface area contributed by atoms with Gasteiger partial charge >= 0.3 is 5.97 Å². The molecule has 0 fully saturated rings. The van der Waals surface area contributed by atoms with E-state index in [4.69, 9.17) is 9.15 Å². The van der Waals surface area contributed by atoms with E-state index in [0.29, 0.717) is 12.2 Å². The Kier molecular flexibility index (Phi) is 1.42. The number of ether oxygens (including phenoxy) is 1. The third-order valence-corrected chi connectivity index (χ3v) is 2.48. The van der Waals surface area contributed by atoms with Crippen LogP contribution in [0.4, 0.5) is 0 Å². The van der Waals surface area contributed by atoms with Crippen LogP contribution < -0.4 is 4.74 Å². The molecule has 1 aromatic carbocycles. The number of benzene rings is 1. The first-order valence-electron chi connectivity index (χ1n) is 4.54. The molecule has 1 aliphatic rings. The molecule has 3 rings (SSSR count). The summed E-state index contributed by atoms with van der Waals surface area (Å²) in [6, 6.07) is 5.69. The van der Waals surface area contributed by atoms with Gasteiger partial charge in [-0.15, -0.1) is 0 Å². The Morgan fingerprint density at radius 3 is 3.00 bits per heavy atom. The van der Waals surface area contributed by atoms with E-state index in [1.807, 2.05) is 18.2 Å². The number of hydrogen-bond acceptors (Lipinski definition) is 3. The van der Waals surface area contributed by atoms with Crippen LogP contribution in [0.25, 0.3) is 11.0 Å². The molecule has 0 radical (unpaired) electrons. The number of hydrogen-bond donors (Lipinski definition) is 0. The summed E-state index contributed by atoms with van der Waals surface area (Å²) in [5.74, 6) is 0.513. The molecule has 1 aliphatic heterocycles. The molecule has 14 heavy (non-hydrogen) atoms. The zero-order valence-electron chi connectivity index (χ0n) is 7.45. The lowest BCUT2D eigenvalue weighted by Crippen LogP contribution is -2.15. The van der Waals surface area contributed by atoms with Crippen molar-refractivity contribution in [2.75, 3.05) is 0 Å². The quantitative estimate of drug-likeness (QED) is 0.470. The third kappa shape index (κ3) is 0.954. The average Bonchev–Trinajstić information content (AvgIpc) is 2.65. The topological polar surface area (TPSA) is 39.4 Å². The van der Waals surface area contributed by atoms with Crippen molar-refractivity contribution in [3.05, 3.63) is 30.0 Å². The fraction of sp³-hybridized carbons (Fsp3) is 0.182. The summed E-state index contributed by atoms with van der Waals surface area (Å²) >= 11 is 0. The highest BCUT2D eigenvalue weighted by molar-refractivity contribution is 5.90. The summed E-state index contributed by atoms with van der Waals surface area (Å²) in [4.78, 5) is 11.1. The minimum Gasteiger partial charge on any atom is -0.464 e. The van der Waals surface area contributed by atoms with E-state index in [1.165, 1.54) is 0 Å². The molecule has 3 heteroatoms. The van der Waals surface area contributed by atoms with Crippen LogP contribution in [0, 0.1) is 0 Å². The molecule has 0 amide bonds. The molecule has 0 aliphatic carbocycles. The van der Waals surface area contributed by atoms with Crippen LogP contribution in [0.1, 0.15) is 12.0 Å². The molecule has 0 saturated carbocycles. The normalized spacial score (nSPS) is 15.3. The van der Waals surface area contributed by atoms with Crippen LogP contribution in [0.15, 0.2) is 28.9 Å². The molecule has 0 N–H and O–H groups in total. The largest absolute Gasteiger partial charge is 0.464 e. The molecular weight excluding hydrogens is 180 g/mol. The lowest BCUT2D eigenvalue weighted by atomic mass is 10.0. The van der Waals surface area contributed by atoms with Gasteiger partial charge in [0.25, 0.3) is 0 Å². The lowest BCUT2D eigenvalue weighted by Gasteiger charge is -2.15. The first-order chi connectivity index (χ1) is 6.84. The van der Waals surface area contributed by atoms with Crippen molar-refractivity contribution in [2.45, 2.75) is 12.8 Å². The standard InChI is InChI=1S/C11H8O3/c12-10-4-2-7-1-3-9-8(5-6-13-9)11(7)14-10/h1,3,5-6H,2,4H2. The van der Waals surface area contributed by atoms with Gasteiger partial charge in [-0.2, -0.15) is 0 Å². The maximum Gasteiger partial charge on any atom is 0.311 e. The Labute approximate surface area is 80.3 Å². The minimum atomic E-state index is -0.161. The summed E-state index contributed by atoms with van der Waals surface area (Å²) in [6.45, 7) is 0. The highest BCUT2D eigenvalue weighted by Crippen LogP contribution is 2.34. The van der Waals surface area contributed by atoms with Crippen LogP contribution in [0.3, 0.4) is 0 Å². The van der Waals surface area contributed by atoms with Crippen molar-refractivity contribution in [1.29, 1.82) is 0 Å². The van der Waals surface area contributed by atoms with E-state index in [0.717, 1.165) is 23.0 Å². The molecule has 0 unspecified atom stereocenters. The van der Waals surface area contributed by atoms with Crippen molar-refractivity contribution in [1.82, 2.24) is 0 Å². The van der Waals surface area contributed by atoms with Crippen LogP contribution in [-0.4, -0.2) is 5.97 Å². The van der Waals surface area contributed by atoms with Crippen molar-refractivity contribution in [3.63, 3.8) is 0 Å². The summed E-state index contributed by atoms with van der Waals surface area (Å²) in [6.07, 6.45) is 2.83. The van der Waals surface area contributed by atoms with Gasteiger partial charge in [0.05, 0.1) is 18.1 Å². The summed E-state index contributed by atoms with van der Waals surface area (Å²) in [5.41, 5.74) is 1.84. The van der Waals surface area contributed by atoms with Crippen LogP contribution >= 0.6 is 0 Å². The Bertz CT molecular complexity index is 510. The molecule has 0 atom stereocenters. The number of aryl methyl sites for hydroxylation is 1. The number of esters is 1. The van der Waals surface area contributed by atoms with Gasteiger partial charge in [0.2, 0.25) is 0 Å². The Hall–Kier alpha value is -1.77. The van der Waals surface area contributed by atoms with Crippen molar-refractivity contribution >= 4 is 16.9 Å². The maximum atomic E-state index is 11.1. The zero-order chi connectivity index (χ0) is 9.54. The molecule has 70 valence electrons. The van der Waals surface area contributed by atoms with E-state index in [1.54, 1.807) is 6.26 Å². The second-order valence-corrected chi connectivity index (χ2v) is 3.36. The van der Waals surface area contributed by atoms with Gasteiger partial charge in [-0.05, 0) is 24.1 Å². The van der Waals surface area contributed by atoms with Gasteiger partial charge in [0, 0.05) is 0 Å². The first-order valence-corrected chi connectivity index (χ1v) is 4.54. The molecule has 2 aromatic rings.